The zero-order chi connectivity index (χ0) is 13.5. The first-order chi connectivity index (χ1) is 9.28. The van der Waals surface area contributed by atoms with E-state index in [9.17, 15) is 0 Å². The first-order valence-corrected chi connectivity index (χ1v) is 8.76. The highest BCUT2D eigenvalue weighted by Crippen LogP contribution is 2.25. The number of nitrogens with one attached hydrogen (secondary N) is 1. The molecule has 1 aliphatic heterocycles. The summed E-state index contributed by atoms with van der Waals surface area (Å²) in [5.41, 5.74) is 0. The predicted molar refractivity (Wildman–Crippen MR) is 83.5 cm³/mol. The Hall–Kier alpha value is -0.0800. The summed E-state index contributed by atoms with van der Waals surface area (Å²) < 4.78 is 0. The van der Waals surface area contributed by atoms with Crippen LogP contribution in [-0.4, -0.2) is 36.6 Å². The van der Waals surface area contributed by atoms with Gasteiger partial charge in [0.1, 0.15) is 0 Å². The van der Waals surface area contributed by atoms with Crippen molar-refractivity contribution in [2.24, 2.45) is 5.92 Å². The van der Waals surface area contributed by atoms with E-state index in [0.717, 1.165) is 12.0 Å². The van der Waals surface area contributed by atoms with E-state index in [-0.39, 0.29) is 0 Å². The minimum absolute atomic E-state index is 0.668. The van der Waals surface area contributed by atoms with Crippen molar-refractivity contribution in [1.29, 1.82) is 0 Å². The van der Waals surface area contributed by atoms with Crippen molar-refractivity contribution in [3.8, 4) is 0 Å². The number of hydrogen-bond donors (Lipinski definition) is 1. The lowest BCUT2D eigenvalue weighted by Crippen LogP contribution is -2.45. The Kier molecular flexibility index (Phi) is 6.66. The number of likely N-dealkylation sites (tertiary alicyclic amines) is 1. The summed E-state index contributed by atoms with van der Waals surface area (Å²) in [7, 11) is 0. The number of rotatable bonds is 5. The van der Waals surface area contributed by atoms with Gasteiger partial charge in [-0.05, 0) is 58.0 Å². The van der Waals surface area contributed by atoms with Crippen LogP contribution in [0.1, 0.15) is 71.6 Å². The molecule has 0 spiro atoms. The molecule has 0 bridgehead atoms. The lowest BCUT2D eigenvalue weighted by Gasteiger charge is -2.31. The summed E-state index contributed by atoms with van der Waals surface area (Å²) in [6.07, 6.45) is 12.8. The normalized spacial score (nSPS) is 31.9. The highest BCUT2D eigenvalue weighted by Gasteiger charge is 2.20. The number of piperidine rings is 1. The third-order valence-electron chi connectivity index (χ3n) is 5.17. The maximum Gasteiger partial charge on any atom is 0.0169 e. The molecule has 1 heterocycles. The topological polar surface area (TPSA) is 15.3 Å². The van der Waals surface area contributed by atoms with Gasteiger partial charge in [-0.25, -0.2) is 0 Å². The maximum atomic E-state index is 3.91. The Bertz CT molecular complexity index is 235. The molecule has 0 aromatic rings. The van der Waals surface area contributed by atoms with E-state index in [0.29, 0.717) is 6.04 Å². The highest BCUT2D eigenvalue weighted by atomic mass is 15.2. The van der Waals surface area contributed by atoms with Crippen molar-refractivity contribution in [3.63, 3.8) is 0 Å². The zero-order valence-corrected chi connectivity index (χ0v) is 13.2. The molecule has 3 unspecified atom stereocenters. The van der Waals surface area contributed by atoms with Gasteiger partial charge in [0, 0.05) is 18.6 Å². The number of hydrogen-bond acceptors (Lipinski definition) is 2. The fourth-order valence-electron chi connectivity index (χ4n) is 3.94. The molecule has 1 aliphatic carbocycles. The van der Waals surface area contributed by atoms with Gasteiger partial charge in [-0.1, -0.05) is 32.6 Å². The van der Waals surface area contributed by atoms with Crippen molar-refractivity contribution in [2.45, 2.75) is 83.7 Å². The summed E-state index contributed by atoms with van der Waals surface area (Å²) >= 11 is 0. The van der Waals surface area contributed by atoms with E-state index in [1.54, 1.807) is 0 Å². The molecule has 1 saturated heterocycles. The van der Waals surface area contributed by atoms with E-state index in [1.807, 2.05) is 0 Å². The van der Waals surface area contributed by atoms with Gasteiger partial charge in [-0.15, -0.1) is 0 Å². The van der Waals surface area contributed by atoms with Gasteiger partial charge in [0.2, 0.25) is 0 Å². The van der Waals surface area contributed by atoms with Gasteiger partial charge in [0.25, 0.3) is 0 Å². The zero-order valence-electron chi connectivity index (χ0n) is 13.2. The maximum absolute atomic E-state index is 3.91. The molecule has 0 aromatic heterocycles. The average Bonchev–Trinajstić information content (AvgIpc) is 2.65. The van der Waals surface area contributed by atoms with Crippen molar-refractivity contribution in [3.05, 3.63) is 0 Å². The second-order valence-electron chi connectivity index (χ2n) is 6.91. The van der Waals surface area contributed by atoms with Crippen LogP contribution in [0, 0.1) is 5.92 Å². The molecule has 1 saturated carbocycles. The molecule has 2 nitrogen and oxygen atoms in total. The molecule has 2 aliphatic rings. The Morgan fingerprint density at radius 3 is 2.53 bits per heavy atom. The Morgan fingerprint density at radius 1 is 1.00 bits per heavy atom. The molecular weight excluding hydrogens is 232 g/mol. The molecular formula is C17H34N2. The SMILES string of the molecule is CCC1CCCC(NC(C)CN2CCCCC2)CC1. The van der Waals surface area contributed by atoms with Crippen LogP contribution in [-0.2, 0) is 0 Å². The molecule has 0 radical (unpaired) electrons. The summed E-state index contributed by atoms with van der Waals surface area (Å²) in [4.78, 5) is 2.66. The van der Waals surface area contributed by atoms with Crippen LogP contribution < -0.4 is 5.32 Å². The molecule has 2 fully saturated rings. The lowest BCUT2D eigenvalue weighted by molar-refractivity contribution is 0.202. The summed E-state index contributed by atoms with van der Waals surface area (Å²) in [6.45, 7) is 8.66. The van der Waals surface area contributed by atoms with Gasteiger partial charge in [-0.3, -0.25) is 0 Å². The average molecular weight is 266 g/mol. The van der Waals surface area contributed by atoms with E-state index in [2.05, 4.69) is 24.1 Å². The van der Waals surface area contributed by atoms with Crippen molar-refractivity contribution < 1.29 is 0 Å². The van der Waals surface area contributed by atoms with Crippen LogP contribution in [0.3, 0.4) is 0 Å². The molecule has 2 rings (SSSR count). The molecule has 112 valence electrons. The lowest BCUT2D eigenvalue weighted by atomic mass is 9.98. The van der Waals surface area contributed by atoms with Crippen molar-refractivity contribution in [2.75, 3.05) is 19.6 Å². The molecule has 0 amide bonds. The van der Waals surface area contributed by atoms with E-state index in [1.165, 1.54) is 77.4 Å². The van der Waals surface area contributed by atoms with Gasteiger partial charge in [-0.2, -0.15) is 0 Å². The third kappa shape index (κ3) is 5.43. The van der Waals surface area contributed by atoms with Crippen LogP contribution in [0.4, 0.5) is 0 Å². The Morgan fingerprint density at radius 2 is 1.79 bits per heavy atom. The quantitative estimate of drug-likeness (QED) is 0.761. The standard InChI is InChI=1S/C17H34N2/c1-3-16-8-7-9-17(11-10-16)18-15(2)14-19-12-5-4-6-13-19/h15-18H,3-14H2,1-2H3. The second kappa shape index (κ2) is 8.26. The van der Waals surface area contributed by atoms with Crippen molar-refractivity contribution in [1.82, 2.24) is 10.2 Å². The van der Waals surface area contributed by atoms with Gasteiger partial charge < -0.3 is 10.2 Å². The largest absolute Gasteiger partial charge is 0.310 e. The Labute approximate surface area is 120 Å². The van der Waals surface area contributed by atoms with Gasteiger partial charge in [0.05, 0.1) is 0 Å². The fraction of sp³-hybridized carbons (Fsp3) is 1.00. The van der Waals surface area contributed by atoms with Crippen LogP contribution in [0.5, 0.6) is 0 Å². The van der Waals surface area contributed by atoms with E-state index in [4.69, 9.17) is 0 Å². The molecule has 1 N–H and O–H groups in total. The minimum Gasteiger partial charge on any atom is -0.310 e. The summed E-state index contributed by atoms with van der Waals surface area (Å²) in [6, 6.07) is 1.46. The van der Waals surface area contributed by atoms with E-state index >= 15 is 0 Å². The van der Waals surface area contributed by atoms with Crippen LogP contribution >= 0.6 is 0 Å². The monoisotopic (exact) mass is 266 g/mol. The third-order valence-corrected chi connectivity index (χ3v) is 5.17. The van der Waals surface area contributed by atoms with Crippen LogP contribution in [0.15, 0.2) is 0 Å². The van der Waals surface area contributed by atoms with Crippen LogP contribution in [0.2, 0.25) is 0 Å². The van der Waals surface area contributed by atoms with Gasteiger partial charge >= 0.3 is 0 Å². The molecule has 2 heteroatoms. The van der Waals surface area contributed by atoms with E-state index < -0.39 is 0 Å². The summed E-state index contributed by atoms with van der Waals surface area (Å²) in [5.74, 6) is 1.00. The molecule has 3 atom stereocenters. The Balaban J connectivity index is 1.67. The first kappa shape index (κ1) is 15.3. The first-order valence-electron chi connectivity index (χ1n) is 8.76. The summed E-state index contributed by atoms with van der Waals surface area (Å²) in [5, 5.41) is 3.91. The predicted octanol–water partition coefficient (Wildman–Crippen LogP) is 3.81. The fourth-order valence-corrected chi connectivity index (χ4v) is 3.94. The van der Waals surface area contributed by atoms with Gasteiger partial charge in [0.15, 0.2) is 0 Å². The highest BCUT2D eigenvalue weighted by molar-refractivity contribution is 4.79. The van der Waals surface area contributed by atoms with Crippen molar-refractivity contribution >= 4 is 0 Å². The smallest absolute Gasteiger partial charge is 0.0169 e. The minimum atomic E-state index is 0.668. The van der Waals surface area contributed by atoms with Crippen LogP contribution in [0.25, 0.3) is 0 Å². The molecule has 0 aromatic carbocycles. The number of nitrogens with zero attached hydrogens (tertiary/aromatic N) is 1. The second-order valence-corrected chi connectivity index (χ2v) is 6.91. The molecule has 19 heavy (non-hydrogen) atoms.